The van der Waals surface area contributed by atoms with E-state index in [1.165, 1.54) is 12.1 Å². The van der Waals surface area contributed by atoms with E-state index in [-0.39, 0.29) is 0 Å². The van der Waals surface area contributed by atoms with Gasteiger partial charge in [0.1, 0.15) is 0 Å². The van der Waals surface area contributed by atoms with Gasteiger partial charge in [0.05, 0.1) is 35.8 Å². The van der Waals surface area contributed by atoms with E-state index in [0.717, 1.165) is 24.3 Å². The van der Waals surface area contributed by atoms with E-state index in [1.807, 2.05) is 0 Å². The van der Waals surface area contributed by atoms with Crippen LogP contribution >= 0.6 is 0 Å². The molecule has 0 aliphatic rings. The number of carboxylic acid groups (broad SMARTS) is 2. The lowest BCUT2D eigenvalue weighted by Gasteiger charge is -2.10. The second kappa shape index (κ2) is 11.1. The number of esters is 4. The van der Waals surface area contributed by atoms with Crippen LogP contribution in [-0.4, -0.2) is 46.0 Å². The molecule has 0 spiro atoms. The molecule has 0 fully saturated rings. The fraction of sp³-hybridized carbons (Fsp3) is 0.200. The van der Waals surface area contributed by atoms with Gasteiger partial charge in [-0.2, -0.15) is 0 Å². The van der Waals surface area contributed by atoms with Crippen LogP contribution < -0.4 is 0 Å². The SMILES string of the molecule is C=CC(CC(=O)OC(=O)c1ccccc1C(=O)OC(=O)CC(C=C)C(=O)O)C(=O)O. The zero-order chi connectivity index (χ0) is 22.8. The summed E-state index contributed by atoms with van der Waals surface area (Å²) in [7, 11) is 0. The Morgan fingerprint density at radius 3 is 1.37 bits per heavy atom. The minimum Gasteiger partial charge on any atom is -0.481 e. The maximum atomic E-state index is 12.2. The molecule has 0 radical (unpaired) electrons. The molecule has 1 rings (SSSR count). The summed E-state index contributed by atoms with van der Waals surface area (Å²) in [4.78, 5) is 69.8. The van der Waals surface area contributed by atoms with E-state index in [1.54, 1.807) is 0 Å². The molecule has 0 aliphatic heterocycles. The summed E-state index contributed by atoms with van der Waals surface area (Å²) in [5.41, 5.74) is -0.819. The Bertz CT molecular complexity index is 826. The molecule has 1 aromatic rings. The van der Waals surface area contributed by atoms with Crippen LogP contribution in [0.1, 0.15) is 33.6 Å². The van der Waals surface area contributed by atoms with Gasteiger partial charge in [0.25, 0.3) is 0 Å². The zero-order valence-corrected chi connectivity index (χ0v) is 15.6. The Kier molecular flexibility index (Phi) is 8.83. The van der Waals surface area contributed by atoms with Crippen molar-refractivity contribution in [3.63, 3.8) is 0 Å². The monoisotopic (exact) mass is 418 g/mol. The van der Waals surface area contributed by atoms with Gasteiger partial charge in [-0.3, -0.25) is 19.2 Å². The molecule has 0 aromatic heterocycles. The molecular formula is C20H18O10. The first-order chi connectivity index (χ1) is 14.1. The highest BCUT2D eigenvalue weighted by atomic mass is 16.6. The third kappa shape index (κ3) is 6.82. The van der Waals surface area contributed by atoms with E-state index in [4.69, 9.17) is 10.2 Å². The molecule has 158 valence electrons. The van der Waals surface area contributed by atoms with Crippen LogP contribution in [0.2, 0.25) is 0 Å². The lowest BCUT2D eigenvalue weighted by Crippen LogP contribution is -2.23. The van der Waals surface area contributed by atoms with Gasteiger partial charge >= 0.3 is 35.8 Å². The van der Waals surface area contributed by atoms with E-state index in [2.05, 4.69) is 22.6 Å². The van der Waals surface area contributed by atoms with Crippen molar-refractivity contribution in [1.82, 2.24) is 0 Å². The number of carbonyl (C=O) groups excluding carboxylic acids is 4. The van der Waals surface area contributed by atoms with Gasteiger partial charge in [0, 0.05) is 0 Å². The number of ether oxygens (including phenoxy) is 2. The molecule has 2 unspecified atom stereocenters. The second-order valence-corrected chi connectivity index (χ2v) is 5.84. The van der Waals surface area contributed by atoms with E-state index < -0.39 is 71.6 Å². The molecule has 1 aromatic carbocycles. The minimum absolute atomic E-state index is 0.410. The Hall–Kier alpha value is -4.08. The maximum Gasteiger partial charge on any atom is 0.346 e. The van der Waals surface area contributed by atoms with Crippen LogP contribution in [-0.2, 0) is 28.7 Å². The van der Waals surface area contributed by atoms with Crippen LogP contribution in [0.4, 0.5) is 0 Å². The lowest BCUT2D eigenvalue weighted by atomic mass is 10.1. The largest absolute Gasteiger partial charge is 0.481 e. The minimum atomic E-state index is -1.34. The number of benzene rings is 1. The quantitative estimate of drug-likeness (QED) is 0.324. The number of aliphatic carboxylic acids is 2. The molecule has 0 amide bonds. The zero-order valence-electron chi connectivity index (χ0n) is 15.6. The molecule has 0 aliphatic carbocycles. The summed E-state index contributed by atoms with van der Waals surface area (Å²) < 4.78 is 9.11. The summed E-state index contributed by atoms with van der Waals surface area (Å²) in [6, 6.07) is 4.95. The van der Waals surface area contributed by atoms with Gasteiger partial charge in [-0.1, -0.05) is 24.3 Å². The normalized spacial score (nSPS) is 12.0. The fourth-order valence-corrected chi connectivity index (χ4v) is 2.14. The predicted molar refractivity (Wildman–Crippen MR) is 99.2 cm³/mol. The average molecular weight is 418 g/mol. The van der Waals surface area contributed by atoms with E-state index in [0.29, 0.717) is 0 Å². The Morgan fingerprint density at radius 2 is 1.10 bits per heavy atom. The first kappa shape index (κ1) is 24.0. The van der Waals surface area contributed by atoms with Crippen LogP contribution in [0.15, 0.2) is 49.6 Å². The summed E-state index contributed by atoms with van der Waals surface area (Å²) in [5, 5.41) is 17.8. The van der Waals surface area contributed by atoms with Crippen LogP contribution in [0, 0.1) is 11.8 Å². The van der Waals surface area contributed by atoms with Crippen molar-refractivity contribution in [1.29, 1.82) is 0 Å². The Balaban J connectivity index is 2.90. The molecule has 0 saturated carbocycles. The molecule has 0 heterocycles. The first-order valence-corrected chi connectivity index (χ1v) is 8.40. The van der Waals surface area contributed by atoms with Gasteiger partial charge in [-0.15, -0.1) is 13.2 Å². The van der Waals surface area contributed by atoms with Crippen molar-refractivity contribution in [3.05, 3.63) is 60.7 Å². The van der Waals surface area contributed by atoms with Gasteiger partial charge < -0.3 is 19.7 Å². The highest BCUT2D eigenvalue weighted by Crippen LogP contribution is 2.15. The van der Waals surface area contributed by atoms with Crippen molar-refractivity contribution < 1.29 is 48.5 Å². The van der Waals surface area contributed by atoms with Gasteiger partial charge in [0.2, 0.25) is 0 Å². The maximum absolute atomic E-state index is 12.2. The standard InChI is InChI=1S/C20H18O10/c1-3-11(17(23)24)9-15(21)29-19(27)13-7-5-6-8-14(13)20(28)30-16(22)10-12(4-2)18(25)26/h3-8,11-12H,1-2,9-10H2,(H,23,24)(H,25,26). The third-order valence-electron chi connectivity index (χ3n) is 3.76. The number of carbonyl (C=O) groups is 6. The molecular weight excluding hydrogens is 400 g/mol. The van der Waals surface area contributed by atoms with Gasteiger partial charge in [0.15, 0.2) is 0 Å². The summed E-state index contributed by atoms with van der Waals surface area (Å²) >= 11 is 0. The third-order valence-corrected chi connectivity index (χ3v) is 3.76. The molecule has 2 atom stereocenters. The summed E-state index contributed by atoms with van der Waals surface area (Å²) in [5.74, 6) is -10.1. The van der Waals surface area contributed by atoms with Crippen molar-refractivity contribution in [2.75, 3.05) is 0 Å². The number of hydrogen-bond acceptors (Lipinski definition) is 8. The molecule has 0 saturated heterocycles. The van der Waals surface area contributed by atoms with Crippen LogP contribution in [0.3, 0.4) is 0 Å². The van der Waals surface area contributed by atoms with E-state index in [9.17, 15) is 28.8 Å². The highest BCUT2D eigenvalue weighted by molar-refractivity contribution is 6.08. The molecule has 2 N–H and O–H groups in total. The van der Waals surface area contributed by atoms with Crippen molar-refractivity contribution >= 4 is 35.8 Å². The lowest BCUT2D eigenvalue weighted by molar-refractivity contribution is -0.147. The van der Waals surface area contributed by atoms with Crippen LogP contribution in [0.5, 0.6) is 0 Å². The van der Waals surface area contributed by atoms with Crippen molar-refractivity contribution in [2.45, 2.75) is 12.8 Å². The topological polar surface area (TPSA) is 161 Å². The van der Waals surface area contributed by atoms with Crippen LogP contribution in [0.25, 0.3) is 0 Å². The molecule has 10 nitrogen and oxygen atoms in total. The fourth-order valence-electron chi connectivity index (χ4n) is 2.14. The number of hydrogen-bond donors (Lipinski definition) is 2. The molecule has 10 heteroatoms. The van der Waals surface area contributed by atoms with E-state index >= 15 is 0 Å². The van der Waals surface area contributed by atoms with Crippen molar-refractivity contribution in [3.8, 4) is 0 Å². The Morgan fingerprint density at radius 1 is 0.767 bits per heavy atom. The van der Waals surface area contributed by atoms with Gasteiger partial charge in [-0.25, -0.2) is 9.59 Å². The predicted octanol–water partition coefficient (Wildman–Crippen LogP) is 1.61. The van der Waals surface area contributed by atoms with Gasteiger partial charge in [-0.05, 0) is 12.1 Å². The highest BCUT2D eigenvalue weighted by Gasteiger charge is 2.26. The number of carboxylic acids is 2. The summed E-state index contributed by atoms with van der Waals surface area (Å²) in [6.45, 7) is 6.53. The molecule has 0 bridgehead atoms. The number of rotatable bonds is 10. The molecule has 30 heavy (non-hydrogen) atoms. The second-order valence-electron chi connectivity index (χ2n) is 5.84. The first-order valence-electron chi connectivity index (χ1n) is 8.40. The smallest absolute Gasteiger partial charge is 0.346 e. The average Bonchev–Trinajstić information content (AvgIpc) is 2.69. The van der Waals surface area contributed by atoms with Crippen molar-refractivity contribution in [2.24, 2.45) is 11.8 Å². The summed E-state index contributed by atoms with van der Waals surface area (Å²) in [6.07, 6.45) is 0.679. The Labute approximate surface area is 170 Å².